The Morgan fingerprint density at radius 3 is 2.49 bits per heavy atom. The zero-order chi connectivity index (χ0) is 28.8. The van der Waals surface area contributed by atoms with Gasteiger partial charge in [0.2, 0.25) is 0 Å². The van der Waals surface area contributed by atoms with Crippen LogP contribution in [0.15, 0.2) is 42.5 Å². The fraction of sp³-hybridized carbons (Fsp3) is 0.379. The third kappa shape index (κ3) is 5.73. The van der Waals surface area contributed by atoms with Crippen LogP contribution in [0.1, 0.15) is 65.1 Å². The highest BCUT2D eigenvalue weighted by Crippen LogP contribution is 2.38. The number of fused-ring (bicyclic) bond motifs is 1. The fourth-order valence-corrected chi connectivity index (χ4v) is 5.54. The zero-order valence-corrected chi connectivity index (χ0v) is 22.1. The number of nitrogens with zero attached hydrogens (tertiary/aromatic N) is 3. The van der Waals surface area contributed by atoms with Gasteiger partial charge in [-0.1, -0.05) is 31.2 Å². The number of carboxylic acids is 1. The highest BCUT2D eigenvalue weighted by molar-refractivity contribution is 6.34. The molecular formula is C29H29ClF3N3O5. The van der Waals surface area contributed by atoms with Gasteiger partial charge in [0.05, 0.1) is 39.4 Å². The van der Waals surface area contributed by atoms with Crippen LogP contribution in [0.4, 0.5) is 13.2 Å². The molecule has 2 atom stereocenters. The Labute approximate surface area is 239 Å². The van der Waals surface area contributed by atoms with E-state index in [4.69, 9.17) is 16.3 Å². The number of aliphatic carboxylic acids is 1. The van der Waals surface area contributed by atoms with E-state index in [1.54, 1.807) is 30.2 Å². The first kappa shape index (κ1) is 30.3. The van der Waals surface area contributed by atoms with Crippen LogP contribution in [0.5, 0.6) is 0 Å². The fourth-order valence-electron chi connectivity index (χ4n) is 5.28. The molecule has 2 aromatic carbocycles. The number of amides is 1. The van der Waals surface area contributed by atoms with E-state index in [-0.39, 0.29) is 42.0 Å². The number of carbonyl (C=O) groups is 3. The summed E-state index contributed by atoms with van der Waals surface area (Å²) in [5, 5.41) is 13.8. The molecule has 1 aliphatic carbocycles. The van der Waals surface area contributed by atoms with Crippen LogP contribution in [-0.2, 0) is 15.7 Å². The summed E-state index contributed by atoms with van der Waals surface area (Å²) in [6.07, 6.45) is -1.61. The van der Waals surface area contributed by atoms with Gasteiger partial charge in [-0.25, -0.2) is 0 Å². The molecular weight excluding hydrogens is 563 g/mol. The first-order valence-corrected chi connectivity index (χ1v) is 13.0. The minimum Gasteiger partial charge on any atom is -0.481 e. The van der Waals surface area contributed by atoms with Crippen molar-refractivity contribution < 1.29 is 37.4 Å². The molecule has 218 valence electrons. The first-order valence-electron chi connectivity index (χ1n) is 12.7. The lowest BCUT2D eigenvalue weighted by Gasteiger charge is -2.17. The molecule has 3 aromatic rings. The van der Waals surface area contributed by atoms with Crippen LogP contribution in [0.2, 0.25) is 5.02 Å². The molecule has 12 heteroatoms. The minimum atomic E-state index is -4.85. The monoisotopic (exact) mass is 591 g/mol. The van der Waals surface area contributed by atoms with Crippen LogP contribution in [0.25, 0.3) is 16.5 Å². The van der Waals surface area contributed by atoms with Crippen molar-refractivity contribution in [1.29, 1.82) is 0 Å². The lowest BCUT2D eigenvalue weighted by Crippen LogP contribution is -2.30. The zero-order valence-electron chi connectivity index (χ0n) is 21.4. The maximum atomic E-state index is 13.9. The predicted molar refractivity (Wildman–Crippen MR) is 147 cm³/mol. The molecule has 1 N–H and O–H groups in total. The lowest BCUT2D eigenvalue weighted by atomic mass is 9.87. The van der Waals surface area contributed by atoms with Crippen molar-refractivity contribution in [2.75, 3.05) is 20.2 Å². The van der Waals surface area contributed by atoms with Gasteiger partial charge >= 0.3 is 12.1 Å². The third-order valence-corrected chi connectivity index (χ3v) is 7.80. The molecule has 1 unspecified atom stereocenters. The topological polar surface area (TPSA) is 102 Å². The van der Waals surface area contributed by atoms with Crippen molar-refractivity contribution in [3.05, 3.63) is 69.9 Å². The van der Waals surface area contributed by atoms with Gasteiger partial charge in [-0.3, -0.25) is 14.4 Å². The Morgan fingerprint density at radius 1 is 1.12 bits per heavy atom. The molecule has 5 rings (SSSR count). The maximum Gasteiger partial charge on any atom is 0.417 e. The number of rotatable bonds is 5. The largest absolute Gasteiger partial charge is 0.481 e. The number of carbonyl (C=O) groups excluding carboxylic acids is 2. The summed E-state index contributed by atoms with van der Waals surface area (Å²) in [6, 6.07) is 7.72. The summed E-state index contributed by atoms with van der Waals surface area (Å²) >= 11 is 6.13. The summed E-state index contributed by atoms with van der Waals surface area (Å²) in [7, 11) is 1.57. The van der Waals surface area contributed by atoms with E-state index < -0.39 is 35.1 Å². The highest BCUT2D eigenvalue weighted by Gasteiger charge is 2.38. The second kappa shape index (κ2) is 11.7. The van der Waals surface area contributed by atoms with E-state index >= 15 is 0 Å². The average molecular weight is 592 g/mol. The van der Waals surface area contributed by atoms with E-state index in [1.165, 1.54) is 12.1 Å². The molecule has 8 nitrogen and oxygen atoms in total. The molecule has 1 fully saturated rings. The number of benzene rings is 2. The van der Waals surface area contributed by atoms with Gasteiger partial charge in [0.1, 0.15) is 0 Å². The molecule has 1 aliphatic heterocycles. The summed E-state index contributed by atoms with van der Waals surface area (Å²) < 4.78 is 47.8. The summed E-state index contributed by atoms with van der Waals surface area (Å²) in [5.41, 5.74) is -0.564. The van der Waals surface area contributed by atoms with Crippen molar-refractivity contribution in [2.24, 2.45) is 5.92 Å². The number of carboxylic acid groups (broad SMARTS) is 1. The molecule has 2 heterocycles. The van der Waals surface area contributed by atoms with Crippen molar-refractivity contribution in [2.45, 2.75) is 45.4 Å². The number of hydrogen-bond donors (Lipinski definition) is 1. The van der Waals surface area contributed by atoms with Gasteiger partial charge in [0, 0.05) is 31.1 Å². The SMILES string of the molecule is C.CO[C@@H]1CCN(C(=O)c2ccc3c(C4=CCC(C(=O)O)CC4)nn(C(=O)c4c(Cl)cccc4C(F)(F)F)c3c2)C1. The Morgan fingerprint density at radius 2 is 1.88 bits per heavy atom. The Bertz CT molecular complexity index is 1550. The van der Waals surface area contributed by atoms with Crippen molar-refractivity contribution >= 4 is 45.9 Å². The van der Waals surface area contributed by atoms with Crippen LogP contribution < -0.4 is 0 Å². The van der Waals surface area contributed by atoms with Gasteiger partial charge in [-0.15, -0.1) is 0 Å². The van der Waals surface area contributed by atoms with Gasteiger partial charge in [0.25, 0.3) is 11.8 Å². The number of allylic oxidation sites excluding steroid dienone is 2. The summed E-state index contributed by atoms with van der Waals surface area (Å²) in [5.74, 6) is -2.88. The number of methoxy groups -OCH3 is 1. The number of halogens is 4. The average Bonchev–Trinajstić information content (AvgIpc) is 3.56. The first-order chi connectivity index (χ1) is 19.0. The van der Waals surface area contributed by atoms with E-state index in [0.717, 1.165) is 16.8 Å². The third-order valence-electron chi connectivity index (χ3n) is 7.48. The Hall–Kier alpha value is -3.70. The Balaban J connectivity index is 0.00000387. The van der Waals surface area contributed by atoms with Crippen molar-refractivity contribution in [3.63, 3.8) is 0 Å². The summed E-state index contributed by atoms with van der Waals surface area (Å²) in [6.45, 7) is 0.869. The normalized spacial score (nSPS) is 19.1. The van der Waals surface area contributed by atoms with Crippen LogP contribution in [-0.4, -0.2) is 63.9 Å². The number of aromatic nitrogens is 2. The van der Waals surface area contributed by atoms with Crippen LogP contribution in [0, 0.1) is 5.92 Å². The molecule has 0 spiro atoms. The minimum absolute atomic E-state index is 0. The second-order valence-corrected chi connectivity index (χ2v) is 10.3. The highest BCUT2D eigenvalue weighted by atomic mass is 35.5. The van der Waals surface area contributed by atoms with Crippen LogP contribution in [0.3, 0.4) is 0 Å². The van der Waals surface area contributed by atoms with Crippen LogP contribution >= 0.6 is 11.6 Å². The number of ether oxygens (including phenoxy) is 1. The molecule has 0 radical (unpaired) electrons. The predicted octanol–water partition coefficient (Wildman–Crippen LogP) is 6.16. The van der Waals surface area contributed by atoms with E-state index in [2.05, 4.69) is 5.10 Å². The molecule has 1 saturated heterocycles. The second-order valence-electron chi connectivity index (χ2n) is 9.89. The Kier molecular flexibility index (Phi) is 8.60. The van der Waals surface area contributed by atoms with E-state index in [9.17, 15) is 32.7 Å². The number of alkyl halides is 3. The van der Waals surface area contributed by atoms with Gasteiger partial charge in [-0.05, 0) is 61.6 Å². The molecule has 2 aliphatic rings. The molecule has 0 bridgehead atoms. The van der Waals surface area contributed by atoms with E-state index in [0.29, 0.717) is 49.0 Å². The van der Waals surface area contributed by atoms with Gasteiger partial charge in [0.15, 0.2) is 0 Å². The molecule has 41 heavy (non-hydrogen) atoms. The van der Waals surface area contributed by atoms with Gasteiger partial charge < -0.3 is 14.7 Å². The molecule has 1 amide bonds. The van der Waals surface area contributed by atoms with Crippen molar-refractivity contribution in [3.8, 4) is 0 Å². The summed E-state index contributed by atoms with van der Waals surface area (Å²) in [4.78, 5) is 40.0. The standard InChI is InChI=1S/C28H25ClF3N3O5.CH4/c1-40-18-11-12-34(14-18)25(36)17-9-10-19-22(13-17)35(33-24(19)15-5-7-16(8-6-15)27(38)39)26(37)23-20(28(30,31)32)3-2-4-21(23)29;/h2-5,9-10,13,16,18H,6-8,11-12,14H2,1H3,(H,38,39);1H4/t16?,18-;/m1./s1. The molecule has 0 saturated carbocycles. The number of likely N-dealkylation sites (tertiary alicyclic amines) is 1. The quantitative estimate of drug-likeness (QED) is 0.381. The van der Waals surface area contributed by atoms with Crippen molar-refractivity contribution in [1.82, 2.24) is 14.7 Å². The maximum absolute atomic E-state index is 13.9. The molecule has 1 aromatic heterocycles. The lowest BCUT2D eigenvalue weighted by molar-refractivity contribution is -0.142. The van der Waals surface area contributed by atoms with E-state index in [1.807, 2.05) is 0 Å². The smallest absolute Gasteiger partial charge is 0.417 e. The van der Waals surface area contributed by atoms with Gasteiger partial charge in [-0.2, -0.15) is 23.0 Å². The number of hydrogen-bond acceptors (Lipinski definition) is 5.